The fourth-order valence-corrected chi connectivity index (χ4v) is 7.26. The molecule has 216 valence electrons. The largest absolute Gasteiger partial charge is 0.444 e. The summed E-state index contributed by atoms with van der Waals surface area (Å²) in [6.45, 7) is 0.996. The number of hydrogen-bond acceptors (Lipinski definition) is 7. The molecule has 4 fully saturated rings. The van der Waals surface area contributed by atoms with Gasteiger partial charge in [0.05, 0.1) is 17.6 Å². The first kappa shape index (κ1) is 27.4. The number of alkyl halides is 3. The summed E-state index contributed by atoms with van der Waals surface area (Å²) in [4.78, 5) is 19.9. The Hall–Kier alpha value is -2.75. The molecule has 4 aliphatic rings. The van der Waals surface area contributed by atoms with Crippen LogP contribution in [0.3, 0.4) is 0 Å². The number of rotatable bonds is 6. The lowest BCUT2D eigenvalue weighted by Gasteiger charge is -2.41. The van der Waals surface area contributed by atoms with Crippen LogP contribution in [-0.2, 0) is 10.2 Å². The number of aromatic nitrogens is 1. The van der Waals surface area contributed by atoms with Crippen molar-refractivity contribution >= 4 is 22.2 Å². The van der Waals surface area contributed by atoms with Crippen LogP contribution in [0.4, 0.5) is 18.9 Å². The van der Waals surface area contributed by atoms with Crippen molar-refractivity contribution in [1.29, 1.82) is 5.26 Å². The van der Waals surface area contributed by atoms with Gasteiger partial charge in [-0.15, -0.1) is 0 Å². The summed E-state index contributed by atoms with van der Waals surface area (Å²) in [6, 6.07) is 9.49. The number of nitrogens with zero attached hydrogens (tertiary/aromatic N) is 3. The number of hydrogen-bond donors (Lipinski definition) is 3. The van der Waals surface area contributed by atoms with Gasteiger partial charge in [0.25, 0.3) is 0 Å². The standard InChI is InChI=1S/C28H33F3N4O4S/c29-28(30,31)27(11-12-27)25-33-22(18-5-7-19(8-6-18)35-13-15-40(37,38)16-14-35)23(39-25)20-3-1-2-4-21(20)24(36)34-26(17-32)9-10-26/h5-8,20-21,37-38H,1-4,9-16H2,(H,34,36)/t20-,21-/m1/s1. The van der Waals surface area contributed by atoms with E-state index in [9.17, 15) is 32.3 Å². The van der Waals surface area contributed by atoms with Gasteiger partial charge in [0.1, 0.15) is 22.4 Å². The van der Waals surface area contributed by atoms with Crippen LogP contribution in [0.25, 0.3) is 11.3 Å². The van der Waals surface area contributed by atoms with E-state index in [1.54, 1.807) is 12.1 Å². The number of nitriles is 1. The molecular formula is C28H33F3N4O4S. The molecule has 1 aromatic carbocycles. The summed E-state index contributed by atoms with van der Waals surface area (Å²) >= 11 is 0. The minimum absolute atomic E-state index is 0.0811. The van der Waals surface area contributed by atoms with Gasteiger partial charge in [-0.1, -0.05) is 25.0 Å². The Bertz CT molecular complexity index is 1320. The van der Waals surface area contributed by atoms with Crippen LogP contribution in [0.15, 0.2) is 28.7 Å². The molecule has 3 aliphatic carbocycles. The molecular weight excluding hydrogens is 545 g/mol. The molecule has 40 heavy (non-hydrogen) atoms. The van der Waals surface area contributed by atoms with Gasteiger partial charge in [0.2, 0.25) is 11.8 Å². The Kier molecular flexibility index (Phi) is 6.63. The number of nitrogens with one attached hydrogen (secondary N) is 1. The van der Waals surface area contributed by atoms with Gasteiger partial charge in [-0.05, 0) is 50.7 Å². The molecule has 6 rings (SSSR count). The SMILES string of the molecule is N#CC1(NC(=O)[C@@H]2CCCC[C@H]2c2oc(C3(C(F)(F)F)CC3)nc2-c2ccc(N3CCS(O)(O)CC3)cc2)CC1. The van der Waals surface area contributed by atoms with E-state index in [2.05, 4.69) is 16.4 Å². The van der Waals surface area contributed by atoms with E-state index in [0.29, 0.717) is 67.3 Å². The highest BCUT2D eigenvalue weighted by Crippen LogP contribution is 2.59. The number of carbonyl (C=O) groups excluding carboxylic acids is 1. The maximum Gasteiger partial charge on any atom is 0.403 e. The molecule has 1 aliphatic heterocycles. The van der Waals surface area contributed by atoms with Crippen molar-refractivity contribution in [3.05, 3.63) is 35.9 Å². The van der Waals surface area contributed by atoms with Crippen molar-refractivity contribution in [1.82, 2.24) is 10.3 Å². The van der Waals surface area contributed by atoms with Crippen LogP contribution in [0, 0.1) is 17.2 Å². The number of carbonyl (C=O) groups is 1. The lowest BCUT2D eigenvalue weighted by atomic mass is 9.76. The normalized spacial score (nSPS) is 27.4. The fraction of sp³-hybridized carbons (Fsp3) is 0.607. The second-order valence-electron chi connectivity index (χ2n) is 11.7. The van der Waals surface area contributed by atoms with Crippen LogP contribution in [0.1, 0.15) is 68.9 Å². The summed E-state index contributed by atoms with van der Waals surface area (Å²) in [5, 5.41) is 12.4. The summed E-state index contributed by atoms with van der Waals surface area (Å²) < 4.78 is 68.1. The highest BCUT2D eigenvalue weighted by atomic mass is 32.3. The van der Waals surface area contributed by atoms with Gasteiger partial charge in [0, 0.05) is 36.2 Å². The average molecular weight is 579 g/mol. The molecule has 0 spiro atoms. The van der Waals surface area contributed by atoms with Crippen molar-refractivity contribution in [2.75, 3.05) is 29.5 Å². The maximum atomic E-state index is 14.1. The van der Waals surface area contributed by atoms with Crippen molar-refractivity contribution in [3.63, 3.8) is 0 Å². The van der Waals surface area contributed by atoms with E-state index >= 15 is 0 Å². The molecule has 1 amide bonds. The highest BCUT2D eigenvalue weighted by Gasteiger charge is 2.68. The predicted octanol–water partition coefficient (Wildman–Crippen LogP) is 5.95. The number of benzene rings is 1. The molecule has 1 saturated heterocycles. The fourth-order valence-electron chi connectivity index (χ4n) is 6.03. The molecule has 12 heteroatoms. The van der Waals surface area contributed by atoms with Crippen LogP contribution in [0.5, 0.6) is 0 Å². The van der Waals surface area contributed by atoms with Crippen molar-refractivity contribution in [2.45, 2.75) is 74.4 Å². The van der Waals surface area contributed by atoms with E-state index < -0.39 is 39.6 Å². The molecule has 0 radical (unpaired) electrons. The highest BCUT2D eigenvalue weighted by molar-refractivity contribution is 8.24. The second-order valence-corrected chi connectivity index (χ2v) is 14.2. The maximum absolute atomic E-state index is 14.1. The molecule has 0 bridgehead atoms. The van der Waals surface area contributed by atoms with E-state index in [0.717, 1.165) is 18.5 Å². The minimum Gasteiger partial charge on any atom is -0.444 e. The lowest BCUT2D eigenvalue weighted by Crippen LogP contribution is -2.42. The lowest BCUT2D eigenvalue weighted by molar-refractivity contribution is -0.165. The van der Waals surface area contributed by atoms with Crippen molar-refractivity contribution in [2.24, 2.45) is 5.92 Å². The monoisotopic (exact) mass is 578 g/mol. The molecule has 1 aromatic heterocycles. The van der Waals surface area contributed by atoms with Gasteiger partial charge in [0.15, 0.2) is 0 Å². The van der Waals surface area contributed by atoms with Gasteiger partial charge < -0.3 is 14.6 Å². The number of halogens is 3. The second kappa shape index (κ2) is 9.67. The summed E-state index contributed by atoms with van der Waals surface area (Å²) in [6.07, 6.45) is -0.694. The summed E-state index contributed by atoms with van der Waals surface area (Å²) in [5.74, 6) is -0.659. The van der Waals surface area contributed by atoms with E-state index in [1.807, 2.05) is 17.0 Å². The van der Waals surface area contributed by atoms with Crippen molar-refractivity contribution < 1.29 is 31.5 Å². The molecule has 3 saturated carbocycles. The van der Waals surface area contributed by atoms with E-state index in [-0.39, 0.29) is 24.6 Å². The number of oxazole rings is 1. The Labute approximate surface area is 232 Å². The third kappa shape index (κ3) is 4.97. The van der Waals surface area contributed by atoms with Crippen LogP contribution in [0.2, 0.25) is 0 Å². The molecule has 2 atom stereocenters. The topological polar surface area (TPSA) is 123 Å². The molecule has 2 aromatic rings. The van der Waals surface area contributed by atoms with Crippen molar-refractivity contribution in [3.8, 4) is 17.3 Å². The molecule has 0 unspecified atom stereocenters. The van der Waals surface area contributed by atoms with Crippen LogP contribution < -0.4 is 10.2 Å². The van der Waals surface area contributed by atoms with Gasteiger partial charge in [-0.3, -0.25) is 13.9 Å². The van der Waals surface area contributed by atoms with Gasteiger partial charge in [-0.2, -0.15) is 29.0 Å². The van der Waals surface area contributed by atoms with Crippen LogP contribution >= 0.6 is 10.6 Å². The Balaban J connectivity index is 1.34. The Morgan fingerprint density at radius 3 is 2.33 bits per heavy atom. The first-order valence-corrected chi connectivity index (χ1v) is 15.7. The number of amides is 1. The van der Waals surface area contributed by atoms with Crippen LogP contribution in [-0.4, -0.2) is 56.3 Å². The smallest absolute Gasteiger partial charge is 0.403 e. The zero-order valence-electron chi connectivity index (χ0n) is 22.0. The minimum atomic E-state index is -4.49. The third-order valence-corrected chi connectivity index (χ3v) is 10.7. The quantitative estimate of drug-likeness (QED) is 0.387. The van der Waals surface area contributed by atoms with Gasteiger partial charge >= 0.3 is 6.18 Å². The first-order chi connectivity index (χ1) is 19.0. The third-order valence-electron chi connectivity index (χ3n) is 9.00. The predicted molar refractivity (Wildman–Crippen MR) is 144 cm³/mol. The summed E-state index contributed by atoms with van der Waals surface area (Å²) in [5.41, 5.74) is -1.12. The Morgan fingerprint density at radius 2 is 1.75 bits per heavy atom. The molecule has 8 nitrogen and oxygen atoms in total. The average Bonchev–Trinajstić information content (AvgIpc) is 3.86. The zero-order valence-corrected chi connectivity index (χ0v) is 22.9. The first-order valence-electron chi connectivity index (χ1n) is 13.9. The molecule has 3 N–H and O–H groups in total. The van der Waals surface area contributed by atoms with E-state index in [1.165, 1.54) is 0 Å². The zero-order chi connectivity index (χ0) is 28.3. The number of anilines is 1. The summed E-state index contributed by atoms with van der Waals surface area (Å²) in [7, 11) is -2.54. The van der Waals surface area contributed by atoms with E-state index in [4.69, 9.17) is 4.42 Å². The van der Waals surface area contributed by atoms with Gasteiger partial charge in [-0.25, -0.2) is 4.98 Å². The molecule has 2 heterocycles. The Morgan fingerprint density at radius 1 is 1.10 bits per heavy atom.